The second-order valence-electron chi connectivity index (χ2n) is 8.78. The van der Waals surface area contributed by atoms with E-state index in [-0.39, 0.29) is 45.9 Å². The van der Waals surface area contributed by atoms with Gasteiger partial charge in [-0.05, 0) is 42.0 Å². The van der Waals surface area contributed by atoms with E-state index in [0.717, 1.165) is 18.2 Å². The largest absolute Gasteiger partial charge is 0.480 e. The Hall–Kier alpha value is -4.10. The Bertz CT molecular complexity index is 1750. The Labute approximate surface area is 233 Å². The van der Waals surface area contributed by atoms with E-state index >= 15 is 0 Å². The summed E-state index contributed by atoms with van der Waals surface area (Å²) in [6.45, 7) is 0.849. The van der Waals surface area contributed by atoms with Gasteiger partial charge in [-0.3, -0.25) is 18.9 Å². The number of halogens is 3. The van der Waals surface area contributed by atoms with Gasteiger partial charge in [-0.15, -0.1) is 0 Å². The zero-order chi connectivity index (χ0) is 29.0. The van der Waals surface area contributed by atoms with Gasteiger partial charge in [-0.2, -0.15) is 0 Å². The molecule has 1 atom stereocenters. The van der Waals surface area contributed by atoms with Crippen LogP contribution in [0.1, 0.15) is 6.92 Å². The topological polar surface area (TPSA) is 132 Å². The molecule has 4 rings (SSSR count). The SMILES string of the molecule is COc1ncc(-c2ccc3ncn(C[C@H](C)C(=O)NCCF)c(=O)c3c2)cc1NS(=O)(=O)c1ccc(F)cc1Cl. The van der Waals surface area contributed by atoms with Gasteiger partial charge >= 0.3 is 0 Å². The smallest absolute Gasteiger partial charge is 0.263 e. The molecular formula is C26H24ClF2N5O5S. The predicted octanol–water partition coefficient (Wildman–Crippen LogP) is 3.78. The molecule has 0 bridgehead atoms. The summed E-state index contributed by atoms with van der Waals surface area (Å²) in [6, 6.07) is 9.25. The van der Waals surface area contributed by atoms with Crippen molar-refractivity contribution in [3.8, 4) is 17.0 Å². The number of pyridine rings is 1. The highest BCUT2D eigenvalue weighted by Crippen LogP contribution is 2.32. The number of carbonyl (C=O) groups excluding carboxylic acids is 1. The van der Waals surface area contributed by atoms with Gasteiger partial charge in [0.15, 0.2) is 0 Å². The summed E-state index contributed by atoms with van der Waals surface area (Å²) in [7, 11) is -2.94. The summed E-state index contributed by atoms with van der Waals surface area (Å²) in [5, 5.41) is 2.40. The number of rotatable bonds is 10. The molecule has 0 fully saturated rings. The minimum absolute atomic E-state index is 0.0165. The van der Waals surface area contributed by atoms with Crippen molar-refractivity contribution in [1.29, 1.82) is 0 Å². The summed E-state index contributed by atoms with van der Waals surface area (Å²) in [6.07, 6.45) is 2.78. The highest BCUT2D eigenvalue weighted by molar-refractivity contribution is 7.92. The Morgan fingerprint density at radius 2 is 1.93 bits per heavy atom. The fourth-order valence-corrected chi connectivity index (χ4v) is 5.51. The van der Waals surface area contributed by atoms with Crippen molar-refractivity contribution in [2.24, 2.45) is 5.92 Å². The van der Waals surface area contributed by atoms with Crippen molar-refractivity contribution in [3.63, 3.8) is 0 Å². The lowest BCUT2D eigenvalue weighted by atomic mass is 10.0. The van der Waals surface area contributed by atoms with Crippen LogP contribution in [-0.2, 0) is 21.4 Å². The summed E-state index contributed by atoms with van der Waals surface area (Å²) in [5.41, 5.74) is 0.961. The number of anilines is 1. The minimum Gasteiger partial charge on any atom is -0.480 e. The van der Waals surface area contributed by atoms with Gasteiger partial charge in [-0.1, -0.05) is 24.6 Å². The van der Waals surface area contributed by atoms with Crippen LogP contribution in [0.2, 0.25) is 5.02 Å². The molecule has 0 unspecified atom stereocenters. The lowest BCUT2D eigenvalue weighted by Crippen LogP contribution is -2.35. The molecule has 0 aliphatic carbocycles. The summed E-state index contributed by atoms with van der Waals surface area (Å²) < 4.78 is 60.7. The van der Waals surface area contributed by atoms with Gasteiger partial charge in [0.2, 0.25) is 11.8 Å². The van der Waals surface area contributed by atoms with Crippen molar-refractivity contribution < 1.29 is 26.7 Å². The van der Waals surface area contributed by atoms with Crippen molar-refractivity contribution in [1.82, 2.24) is 19.9 Å². The number of carbonyl (C=O) groups is 1. The fraction of sp³-hybridized carbons (Fsp3) is 0.231. The van der Waals surface area contributed by atoms with Crippen molar-refractivity contribution in [2.45, 2.75) is 18.4 Å². The number of fused-ring (bicyclic) bond motifs is 1. The van der Waals surface area contributed by atoms with Crippen LogP contribution in [-0.4, -0.2) is 49.2 Å². The van der Waals surface area contributed by atoms with E-state index in [2.05, 4.69) is 20.0 Å². The number of methoxy groups -OCH3 is 1. The number of nitrogens with one attached hydrogen (secondary N) is 2. The Balaban J connectivity index is 1.69. The Kier molecular flexibility index (Phi) is 8.64. The van der Waals surface area contributed by atoms with Gasteiger partial charge in [-0.25, -0.2) is 27.2 Å². The second kappa shape index (κ2) is 12.0. The Morgan fingerprint density at radius 3 is 2.62 bits per heavy atom. The summed E-state index contributed by atoms with van der Waals surface area (Å²) in [5.74, 6) is -1.72. The number of hydrogen-bond donors (Lipinski definition) is 2. The Morgan fingerprint density at radius 1 is 1.15 bits per heavy atom. The van der Waals surface area contributed by atoms with E-state index in [4.69, 9.17) is 16.3 Å². The van der Waals surface area contributed by atoms with Crippen molar-refractivity contribution in [2.75, 3.05) is 25.1 Å². The van der Waals surface area contributed by atoms with Gasteiger partial charge in [0, 0.05) is 24.8 Å². The van der Waals surface area contributed by atoms with E-state index in [9.17, 15) is 26.8 Å². The molecule has 0 aliphatic heterocycles. The maximum atomic E-state index is 13.4. The number of amides is 1. The molecule has 0 saturated heterocycles. The molecule has 14 heteroatoms. The molecule has 0 aliphatic rings. The molecule has 10 nitrogen and oxygen atoms in total. The van der Waals surface area contributed by atoms with Crippen LogP contribution >= 0.6 is 11.6 Å². The zero-order valence-electron chi connectivity index (χ0n) is 21.3. The fourth-order valence-electron chi connectivity index (χ4n) is 3.93. The number of aromatic nitrogens is 3. The van der Waals surface area contributed by atoms with Gasteiger partial charge in [0.25, 0.3) is 15.6 Å². The lowest BCUT2D eigenvalue weighted by molar-refractivity contribution is -0.124. The zero-order valence-corrected chi connectivity index (χ0v) is 22.9. The van der Waals surface area contributed by atoms with Crippen LogP contribution in [0, 0.1) is 11.7 Å². The van der Waals surface area contributed by atoms with E-state index in [1.54, 1.807) is 25.1 Å². The van der Waals surface area contributed by atoms with Gasteiger partial charge < -0.3 is 10.1 Å². The molecule has 2 heterocycles. The summed E-state index contributed by atoms with van der Waals surface area (Å²) in [4.78, 5) is 33.5. The highest BCUT2D eigenvalue weighted by atomic mass is 35.5. The van der Waals surface area contributed by atoms with E-state index < -0.39 is 34.0 Å². The van der Waals surface area contributed by atoms with Crippen molar-refractivity contribution >= 4 is 44.1 Å². The van der Waals surface area contributed by atoms with Crippen molar-refractivity contribution in [3.05, 3.63) is 76.2 Å². The van der Waals surface area contributed by atoms with E-state index in [1.165, 1.54) is 30.3 Å². The standard InChI is InChI=1S/C26H24ClF2N5O5S/c1-15(24(35)30-8-7-28)13-34-14-32-21-5-3-16(9-19(21)26(34)36)17-10-22(25(39-2)31-12-17)33-40(37,38)23-6-4-18(29)11-20(23)27/h3-6,9-12,14-15,33H,7-8,13H2,1-2H3,(H,30,35)/t15-/m0/s1. The molecule has 1 amide bonds. The lowest BCUT2D eigenvalue weighted by Gasteiger charge is -2.14. The number of sulfonamides is 1. The molecule has 2 aromatic carbocycles. The average molecular weight is 592 g/mol. The maximum Gasteiger partial charge on any atom is 0.263 e. The molecule has 0 radical (unpaired) electrons. The average Bonchev–Trinajstić information content (AvgIpc) is 2.92. The third kappa shape index (κ3) is 6.20. The first-order chi connectivity index (χ1) is 19.0. The summed E-state index contributed by atoms with van der Waals surface area (Å²) >= 11 is 5.95. The van der Waals surface area contributed by atoms with Crippen LogP contribution < -0.4 is 20.3 Å². The first-order valence-electron chi connectivity index (χ1n) is 11.9. The second-order valence-corrected chi connectivity index (χ2v) is 10.8. The van der Waals surface area contributed by atoms with Crippen LogP contribution in [0.5, 0.6) is 5.88 Å². The third-order valence-corrected chi connectivity index (χ3v) is 7.79. The van der Waals surface area contributed by atoms with Crippen LogP contribution in [0.25, 0.3) is 22.0 Å². The quantitative estimate of drug-likeness (QED) is 0.287. The molecule has 4 aromatic rings. The normalized spacial score (nSPS) is 12.2. The number of benzene rings is 2. The molecule has 0 saturated carbocycles. The maximum absolute atomic E-state index is 13.4. The van der Waals surface area contributed by atoms with Crippen LogP contribution in [0.3, 0.4) is 0 Å². The van der Waals surface area contributed by atoms with E-state index in [1.807, 2.05) is 0 Å². The monoisotopic (exact) mass is 591 g/mol. The predicted molar refractivity (Wildman–Crippen MR) is 146 cm³/mol. The minimum atomic E-state index is -4.25. The molecule has 210 valence electrons. The first-order valence-corrected chi connectivity index (χ1v) is 13.8. The number of alkyl halides is 1. The first kappa shape index (κ1) is 28.9. The highest BCUT2D eigenvalue weighted by Gasteiger charge is 2.22. The van der Waals surface area contributed by atoms with Crippen LogP contribution in [0.15, 0.2) is 64.7 Å². The number of ether oxygens (including phenoxy) is 1. The van der Waals surface area contributed by atoms with E-state index in [0.29, 0.717) is 16.6 Å². The molecule has 2 aromatic heterocycles. The van der Waals surface area contributed by atoms with Gasteiger partial charge in [0.1, 0.15) is 23.1 Å². The molecular weight excluding hydrogens is 568 g/mol. The third-order valence-electron chi connectivity index (χ3n) is 5.94. The number of nitrogens with zero attached hydrogens (tertiary/aromatic N) is 3. The van der Waals surface area contributed by atoms with Crippen LogP contribution in [0.4, 0.5) is 14.5 Å². The number of hydrogen-bond acceptors (Lipinski definition) is 7. The molecule has 0 spiro atoms. The van der Waals surface area contributed by atoms with Gasteiger partial charge in [0.05, 0.1) is 35.3 Å². The molecule has 40 heavy (non-hydrogen) atoms. The molecule has 2 N–H and O–H groups in total.